The highest BCUT2D eigenvalue weighted by molar-refractivity contribution is 7.99. The summed E-state index contributed by atoms with van der Waals surface area (Å²) in [5.41, 5.74) is 0.462. The third kappa shape index (κ3) is 9.67. The number of methoxy groups -OCH3 is 1. The Hall–Kier alpha value is -5.42. The quantitative estimate of drug-likeness (QED) is 0.131. The van der Waals surface area contributed by atoms with Gasteiger partial charge in [-0.1, -0.05) is 12.1 Å². The van der Waals surface area contributed by atoms with Crippen LogP contribution in [0.3, 0.4) is 0 Å². The van der Waals surface area contributed by atoms with Gasteiger partial charge in [-0.25, -0.2) is 9.59 Å². The van der Waals surface area contributed by atoms with Crippen molar-refractivity contribution in [3.05, 3.63) is 110 Å². The maximum atomic E-state index is 14.5. The molecule has 0 aromatic heterocycles. The highest BCUT2D eigenvalue weighted by atomic mass is 32.2. The summed E-state index contributed by atoms with van der Waals surface area (Å²) in [4.78, 5) is 65.2. The molecule has 2 aliphatic rings. The van der Waals surface area contributed by atoms with Crippen LogP contribution >= 0.6 is 11.8 Å². The second kappa shape index (κ2) is 17.7. The molecule has 1 N–H and O–H groups in total. The molecule has 2 aliphatic heterocycles. The lowest BCUT2D eigenvalue weighted by Gasteiger charge is -2.41. The second-order valence-electron chi connectivity index (χ2n) is 12.2. The molecule has 5 rings (SSSR count). The number of hydrogen-bond acceptors (Lipinski definition) is 13. The summed E-state index contributed by atoms with van der Waals surface area (Å²) in [5.74, 6) is 1.05. The minimum Gasteiger partial charge on any atom is -0.497 e. The number of thioether (sulfide) groups is 1. The molecule has 3 aromatic rings. The Bertz CT molecular complexity index is 1720. The molecule has 0 spiro atoms. The molecule has 0 saturated carbocycles. The molecule has 0 aliphatic carbocycles. The van der Waals surface area contributed by atoms with Gasteiger partial charge in [-0.2, -0.15) is 11.8 Å². The van der Waals surface area contributed by atoms with Crippen LogP contribution in [-0.4, -0.2) is 95.0 Å². The standard InChI is InChI=1S/C35H39N5O11S/c1-48-30-12-6-27(7-13-30)24-52-31-20-35(32(41)37-17-15-36-16-18-37,14-19-49-34(43)51-23-26-4-10-29(11-5-26)40(46)47)38(21-31)33(42)50-22-25-2-8-28(9-3-25)39(44)45/h2-13,31,36H,14-24H2,1H3. The number of amides is 2. The van der Waals surface area contributed by atoms with E-state index in [9.17, 15) is 34.6 Å². The predicted molar refractivity (Wildman–Crippen MR) is 189 cm³/mol. The lowest BCUT2D eigenvalue weighted by molar-refractivity contribution is -0.385. The molecule has 2 amide bonds. The monoisotopic (exact) mass is 737 g/mol. The molecule has 3 aromatic carbocycles. The van der Waals surface area contributed by atoms with Gasteiger partial charge in [0.1, 0.15) is 24.5 Å². The van der Waals surface area contributed by atoms with Crippen molar-refractivity contribution in [2.45, 2.75) is 42.6 Å². The SMILES string of the molecule is COc1ccc(CSC2CN(C(=O)OCc3ccc([N+](=O)[O-])cc3)C(CCOC(=O)OCc3ccc([N+](=O)[O-])cc3)(C(=O)N3CCNCC3)C2)cc1. The molecule has 17 heteroatoms. The van der Waals surface area contributed by atoms with E-state index in [0.717, 1.165) is 11.3 Å². The zero-order valence-electron chi connectivity index (χ0n) is 28.5. The largest absolute Gasteiger partial charge is 0.508 e. The van der Waals surface area contributed by atoms with Gasteiger partial charge >= 0.3 is 12.2 Å². The lowest BCUT2D eigenvalue weighted by Crippen LogP contribution is -2.61. The molecular weight excluding hydrogens is 698 g/mol. The van der Waals surface area contributed by atoms with Gasteiger partial charge in [-0.3, -0.25) is 29.9 Å². The summed E-state index contributed by atoms with van der Waals surface area (Å²) in [7, 11) is 1.59. The number of nitrogens with one attached hydrogen (secondary N) is 1. The first kappa shape index (κ1) is 37.8. The maximum Gasteiger partial charge on any atom is 0.508 e. The van der Waals surface area contributed by atoms with Crippen LogP contribution in [0.4, 0.5) is 21.0 Å². The first-order valence-electron chi connectivity index (χ1n) is 16.5. The van der Waals surface area contributed by atoms with E-state index in [4.69, 9.17) is 18.9 Å². The number of nitrogens with zero attached hydrogens (tertiary/aromatic N) is 4. The van der Waals surface area contributed by atoms with Gasteiger partial charge < -0.3 is 29.2 Å². The van der Waals surface area contributed by atoms with E-state index in [1.165, 1.54) is 53.4 Å². The van der Waals surface area contributed by atoms with E-state index in [1.807, 2.05) is 24.3 Å². The number of ether oxygens (including phenoxy) is 4. The molecule has 276 valence electrons. The van der Waals surface area contributed by atoms with E-state index in [0.29, 0.717) is 43.1 Å². The molecule has 2 saturated heterocycles. The average molecular weight is 738 g/mol. The van der Waals surface area contributed by atoms with E-state index in [2.05, 4.69) is 5.32 Å². The molecule has 0 bridgehead atoms. The lowest BCUT2D eigenvalue weighted by atomic mass is 9.90. The first-order chi connectivity index (χ1) is 25.1. The van der Waals surface area contributed by atoms with Crippen molar-refractivity contribution in [1.29, 1.82) is 0 Å². The van der Waals surface area contributed by atoms with Gasteiger partial charge in [0.05, 0.1) is 23.6 Å². The number of rotatable bonds is 14. The fourth-order valence-electron chi connectivity index (χ4n) is 6.07. The van der Waals surface area contributed by atoms with E-state index in [-0.39, 0.29) is 61.7 Å². The molecule has 16 nitrogen and oxygen atoms in total. The number of nitro groups is 2. The fourth-order valence-corrected chi connectivity index (χ4v) is 7.34. The number of piperazine rings is 1. The minimum absolute atomic E-state index is 0.0331. The Morgan fingerprint density at radius 3 is 1.94 bits per heavy atom. The van der Waals surface area contributed by atoms with Gasteiger partial charge in [0.25, 0.3) is 11.4 Å². The number of non-ortho nitro benzene ring substituents is 2. The molecule has 2 fully saturated rings. The number of carbonyl (C=O) groups excluding carboxylic acids is 3. The van der Waals surface area contributed by atoms with Crippen molar-refractivity contribution in [2.75, 3.05) is 46.4 Å². The second-order valence-corrected chi connectivity index (χ2v) is 13.5. The van der Waals surface area contributed by atoms with Gasteiger partial charge in [0.15, 0.2) is 0 Å². The number of carbonyl (C=O) groups is 3. The van der Waals surface area contributed by atoms with Crippen LogP contribution in [0.1, 0.15) is 29.5 Å². The van der Waals surface area contributed by atoms with Crippen molar-refractivity contribution in [1.82, 2.24) is 15.1 Å². The zero-order valence-corrected chi connectivity index (χ0v) is 29.3. The Morgan fingerprint density at radius 1 is 0.827 bits per heavy atom. The first-order valence-corrected chi connectivity index (χ1v) is 17.6. The third-order valence-electron chi connectivity index (χ3n) is 8.88. The normalized spacial score (nSPS) is 18.4. The van der Waals surface area contributed by atoms with E-state index in [1.54, 1.807) is 23.8 Å². The van der Waals surface area contributed by atoms with Crippen LogP contribution < -0.4 is 10.1 Å². The van der Waals surface area contributed by atoms with Crippen molar-refractivity contribution >= 4 is 41.3 Å². The van der Waals surface area contributed by atoms with Gasteiger partial charge in [0, 0.05) is 74.4 Å². The zero-order chi connectivity index (χ0) is 37.1. The van der Waals surface area contributed by atoms with Gasteiger partial charge in [0.2, 0.25) is 5.91 Å². The van der Waals surface area contributed by atoms with Crippen molar-refractivity contribution in [3.63, 3.8) is 0 Å². The number of benzene rings is 3. The number of likely N-dealkylation sites (tertiary alicyclic amines) is 1. The third-order valence-corrected chi connectivity index (χ3v) is 10.2. The summed E-state index contributed by atoms with van der Waals surface area (Å²) in [6, 6.07) is 18.8. The Labute approximate surface area is 303 Å². The maximum absolute atomic E-state index is 14.5. The van der Waals surface area contributed by atoms with Crippen LogP contribution in [0.2, 0.25) is 0 Å². The summed E-state index contributed by atoms with van der Waals surface area (Å²) in [6.07, 6.45) is -1.51. The van der Waals surface area contributed by atoms with Crippen molar-refractivity contribution in [2.24, 2.45) is 0 Å². The molecule has 2 atom stereocenters. The van der Waals surface area contributed by atoms with E-state index >= 15 is 0 Å². The van der Waals surface area contributed by atoms with Crippen LogP contribution in [0.5, 0.6) is 5.75 Å². The van der Waals surface area contributed by atoms with Crippen LogP contribution in [0.25, 0.3) is 0 Å². The van der Waals surface area contributed by atoms with E-state index < -0.39 is 27.6 Å². The predicted octanol–water partition coefficient (Wildman–Crippen LogP) is 5.07. The Balaban J connectivity index is 1.33. The number of hydrogen-bond donors (Lipinski definition) is 1. The Kier molecular flexibility index (Phi) is 12.9. The van der Waals surface area contributed by atoms with Gasteiger partial charge in [-0.15, -0.1) is 0 Å². The summed E-state index contributed by atoms with van der Waals surface area (Å²) in [6.45, 7) is 1.57. The summed E-state index contributed by atoms with van der Waals surface area (Å²) >= 11 is 1.59. The smallest absolute Gasteiger partial charge is 0.497 e. The van der Waals surface area contributed by atoms with Gasteiger partial charge in [-0.05, 0) is 59.5 Å². The highest BCUT2D eigenvalue weighted by Gasteiger charge is 2.55. The van der Waals surface area contributed by atoms with Crippen LogP contribution in [0.15, 0.2) is 72.8 Å². The Morgan fingerprint density at radius 2 is 1.38 bits per heavy atom. The molecular formula is C35H39N5O11S. The topological polar surface area (TPSA) is 193 Å². The summed E-state index contributed by atoms with van der Waals surface area (Å²) < 4.78 is 21.6. The van der Waals surface area contributed by atoms with Crippen LogP contribution in [-0.2, 0) is 38.0 Å². The number of nitro benzene ring substituents is 2. The summed E-state index contributed by atoms with van der Waals surface area (Å²) in [5, 5.41) is 25.1. The molecule has 2 heterocycles. The van der Waals surface area contributed by atoms with Crippen LogP contribution in [0, 0.1) is 20.2 Å². The molecule has 0 radical (unpaired) electrons. The highest BCUT2D eigenvalue weighted by Crippen LogP contribution is 2.41. The van der Waals surface area contributed by atoms with Crippen molar-refractivity contribution in [3.8, 4) is 5.75 Å². The van der Waals surface area contributed by atoms with Crippen molar-refractivity contribution < 1.29 is 43.2 Å². The molecule has 52 heavy (non-hydrogen) atoms. The average Bonchev–Trinajstić information content (AvgIpc) is 3.55. The minimum atomic E-state index is -1.42. The fraction of sp³-hybridized carbons (Fsp3) is 0.400. The molecule has 2 unspecified atom stereocenters.